The molecular formula is C19H22N4O2S. The van der Waals surface area contributed by atoms with Crippen molar-refractivity contribution in [3.63, 3.8) is 0 Å². The Hall–Kier alpha value is -2.25. The standard InChI is InChI=1S/C19H22N4O2S/c1-22-13-20-19-17(22)12-16(21-18(19)15-6-4-3-5-7-15)14-8-10-23(11-9-14)26(2,24)25/h3-7,12-14H,8-11H2,1-2H3. The average molecular weight is 370 g/mol. The van der Waals surface area contributed by atoms with Gasteiger partial charge in [0.25, 0.3) is 0 Å². The molecule has 0 bridgehead atoms. The summed E-state index contributed by atoms with van der Waals surface area (Å²) in [4.78, 5) is 9.49. The fourth-order valence-electron chi connectivity index (χ4n) is 3.64. The maximum Gasteiger partial charge on any atom is 0.211 e. The molecule has 1 fully saturated rings. The van der Waals surface area contributed by atoms with Crippen molar-refractivity contribution >= 4 is 21.1 Å². The molecule has 0 N–H and O–H groups in total. The SMILES string of the molecule is Cn1cnc2c(-c3ccccc3)nc(C3CCN(S(C)(=O)=O)CC3)cc21. The zero-order valence-electron chi connectivity index (χ0n) is 15.0. The van der Waals surface area contributed by atoms with E-state index in [1.165, 1.54) is 6.26 Å². The highest BCUT2D eigenvalue weighted by Gasteiger charge is 2.27. The maximum atomic E-state index is 11.8. The molecule has 1 aliphatic heterocycles. The Balaban J connectivity index is 1.74. The van der Waals surface area contributed by atoms with E-state index >= 15 is 0 Å². The van der Waals surface area contributed by atoms with Gasteiger partial charge in [-0.1, -0.05) is 30.3 Å². The van der Waals surface area contributed by atoms with E-state index in [0.717, 1.165) is 40.8 Å². The first-order chi connectivity index (χ1) is 12.4. The molecule has 2 aromatic heterocycles. The second-order valence-electron chi connectivity index (χ2n) is 6.92. The van der Waals surface area contributed by atoms with E-state index in [1.54, 1.807) is 4.31 Å². The number of pyridine rings is 1. The summed E-state index contributed by atoms with van der Waals surface area (Å²) in [5.41, 5.74) is 4.92. The van der Waals surface area contributed by atoms with E-state index in [2.05, 4.69) is 11.1 Å². The predicted octanol–water partition coefficient (Wildman–Crippen LogP) is 2.77. The summed E-state index contributed by atoms with van der Waals surface area (Å²) in [6, 6.07) is 12.2. The van der Waals surface area contributed by atoms with Crippen molar-refractivity contribution in [2.45, 2.75) is 18.8 Å². The number of hydrogen-bond donors (Lipinski definition) is 0. The molecule has 6 nitrogen and oxygen atoms in total. The highest BCUT2D eigenvalue weighted by Crippen LogP contribution is 2.33. The van der Waals surface area contributed by atoms with Crippen molar-refractivity contribution < 1.29 is 8.42 Å². The summed E-state index contributed by atoms with van der Waals surface area (Å²) in [5.74, 6) is 0.259. The van der Waals surface area contributed by atoms with Gasteiger partial charge in [0.15, 0.2) is 0 Å². The quantitative estimate of drug-likeness (QED) is 0.711. The van der Waals surface area contributed by atoms with Crippen LogP contribution in [0, 0.1) is 0 Å². The van der Waals surface area contributed by atoms with E-state index in [-0.39, 0.29) is 5.92 Å². The number of nitrogens with zero attached hydrogens (tertiary/aromatic N) is 4. The van der Waals surface area contributed by atoms with Crippen LogP contribution in [0.4, 0.5) is 0 Å². The average Bonchev–Trinajstić information content (AvgIpc) is 3.02. The Bertz CT molecular complexity index is 1040. The molecule has 1 saturated heterocycles. The lowest BCUT2D eigenvalue weighted by atomic mass is 9.93. The number of sulfonamides is 1. The van der Waals surface area contributed by atoms with Gasteiger partial charge in [-0.15, -0.1) is 0 Å². The van der Waals surface area contributed by atoms with Crippen LogP contribution in [0.5, 0.6) is 0 Å². The Kier molecular flexibility index (Phi) is 4.28. The summed E-state index contributed by atoms with van der Waals surface area (Å²) in [6.45, 7) is 1.10. The predicted molar refractivity (Wildman–Crippen MR) is 102 cm³/mol. The molecule has 0 saturated carbocycles. The number of piperidine rings is 1. The number of benzene rings is 1. The summed E-state index contributed by atoms with van der Waals surface area (Å²) in [6.07, 6.45) is 4.67. The number of imidazole rings is 1. The maximum absolute atomic E-state index is 11.8. The van der Waals surface area contributed by atoms with Crippen molar-refractivity contribution in [3.05, 3.63) is 48.4 Å². The van der Waals surface area contributed by atoms with Crippen LogP contribution < -0.4 is 0 Å². The van der Waals surface area contributed by atoms with Gasteiger partial charge in [-0.2, -0.15) is 0 Å². The molecule has 0 atom stereocenters. The van der Waals surface area contributed by atoms with Gasteiger partial charge in [0.1, 0.15) is 5.52 Å². The van der Waals surface area contributed by atoms with Gasteiger partial charge < -0.3 is 4.57 Å². The fourth-order valence-corrected chi connectivity index (χ4v) is 4.51. The lowest BCUT2D eigenvalue weighted by Crippen LogP contribution is -2.37. The largest absolute Gasteiger partial charge is 0.334 e. The van der Waals surface area contributed by atoms with Gasteiger partial charge in [0, 0.05) is 37.3 Å². The van der Waals surface area contributed by atoms with Crippen LogP contribution >= 0.6 is 0 Å². The lowest BCUT2D eigenvalue weighted by molar-refractivity contribution is 0.319. The van der Waals surface area contributed by atoms with Crippen molar-refractivity contribution in [2.24, 2.45) is 7.05 Å². The minimum absolute atomic E-state index is 0.259. The molecule has 1 aromatic carbocycles. The fraction of sp³-hybridized carbons (Fsp3) is 0.368. The Morgan fingerprint density at radius 3 is 2.46 bits per heavy atom. The van der Waals surface area contributed by atoms with Gasteiger partial charge in [-0.25, -0.2) is 17.7 Å². The molecule has 0 spiro atoms. The summed E-state index contributed by atoms with van der Waals surface area (Å²) in [5, 5.41) is 0. The van der Waals surface area contributed by atoms with Gasteiger partial charge in [-0.3, -0.25) is 4.98 Å². The minimum Gasteiger partial charge on any atom is -0.334 e. The van der Waals surface area contributed by atoms with E-state index in [9.17, 15) is 8.42 Å². The molecule has 0 unspecified atom stereocenters. The van der Waals surface area contributed by atoms with Crippen LogP contribution in [-0.4, -0.2) is 46.6 Å². The van der Waals surface area contributed by atoms with Gasteiger partial charge >= 0.3 is 0 Å². The number of fused-ring (bicyclic) bond motifs is 1. The smallest absolute Gasteiger partial charge is 0.211 e. The van der Waals surface area contributed by atoms with E-state index in [4.69, 9.17) is 4.98 Å². The van der Waals surface area contributed by atoms with E-state index in [1.807, 2.05) is 48.3 Å². The van der Waals surface area contributed by atoms with E-state index < -0.39 is 10.0 Å². The van der Waals surface area contributed by atoms with Crippen LogP contribution in [0.25, 0.3) is 22.3 Å². The molecule has 4 rings (SSSR count). The Morgan fingerprint density at radius 1 is 1.12 bits per heavy atom. The van der Waals surface area contributed by atoms with Crippen LogP contribution in [0.3, 0.4) is 0 Å². The monoisotopic (exact) mass is 370 g/mol. The van der Waals surface area contributed by atoms with Crippen LogP contribution in [0.2, 0.25) is 0 Å². The molecule has 7 heteroatoms. The zero-order valence-corrected chi connectivity index (χ0v) is 15.8. The normalized spacial score (nSPS) is 17.0. The first-order valence-corrected chi connectivity index (χ1v) is 10.6. The third-order valence-electron chi connectivity index (χ3n) is 5.12. The highest BCUT2D eigenvalue weighted by molar-refractivity contribution is 7.88. The number of aromatic nitrogens is 3. The Labute approximate surface area is 153 Å². The summed E-state index contributed by atoms with van der Waals surface area (Å²) < 4.78 is 27.1. The Morgan fingerprint density at radius 2 is 1.81 bits per heavy atom. The van der Waals surface area contributed by atoms with Gasteiger partial charge in [0.2, 0.25) is 10.0 Å². The third kappa shape index (κ3) is 3.12. The number of rotatable bonds is 3. The minimum atomic E-state index is -3.12. The summed E-state index contributed by atoms with van der Waals surface area (Å²) >= 11 is 0. The molecule has 1 aliphatic rings. The number of hydrogen-bond acceptors (Lipinski definition) is 4. The highest BCUT2D eigenvalue weighted by atomic mass is 32.2. The van der Waals surface area contributed by atoms with Crippen LogP contribution in [0.1, 0.15) is 24.5 Å². The van der Waals surface area contributed by atoms with Crippen LogP contribution in [0.15, 0.2) is 42.7 Å². The molecule has 0 amide bonds. The molecular weight excluding hydrogens is 348 g/mol. The van der Waals surface area contributed by atoms with Crippen molar-refractivity contribution in [2.75, 3.05) is 19.3 Å². The van der Waals surface area contributed by atoms with Crippen molar-refractivity contribution in [3.8, 4) is 11.3 Å². The first kappa shape index (κ1) is 17.2. The third-order valence-corrected chi connectivity index (χ3v) is 6.42. The second kappa shape index (κ2) is 6.48. The topological polar surface area (TPSA) is 68.1 Å². The second-order valence-corrected chi connectivity index (χ2v) is 8.90. The molecule has 0 radical (unpaired) electrons. The van der Waals surface area contributed by atoms with Crippen molar-refractivity contribution in [1.29, 1.82) is 0 Å². The van der Waals surface area contributed by atoms with Crippen molar-refractivity contribution in [1.82, 2.24) is 18.8 Å². The van der Waals surface area contributed by atoms with Gasteiger partial charge in [-0.05, 0) is 18.9 Å². The molecule has 0 aliphatic carbocycles. The molecule has 3 heterocycles. The first-order valence-electron chi connectivity index (χ1n) is 8.76. The van der Waals surface area contributed by atoms with E-state index in [0.29, 0.717) is 13.1 Å². The molecule has 136 valence electrons. The summed E-state index contributed by atoms with van der Waals surface area (Å²) in [7, 11) is -1.13. The molecule has 26 heavy (non-hydrogen) atoms. The van der Waals surface area contributed by atoms with Gasteiger partial charge in [0.05, 0.1) is 23.8 Å². The number of aryl methyl sites for hydroxylation is 1. The lowest BCUT2D eigenvalue weighted by Gasteiger charge is -2.30. The zero-order chi connectivity index (χ0) is 18.3. The van der Waals surface area contributed by atoms with Crippen LogP contribution in [-0.2, 0) is 17.1 Å². The molecule has 3 aromatic rings.